The van der Waals surface area contributed by atoms with Gasteiger partial charge in [-0.3, -0.25) is 4.79 Å². The Hall–Kier alpha value is -1.88. The number of halogens is 1. The first-order chi connectivity index (χ1) is 9.16. The third-order valence-electron chi connectivity index (χ3n) is 3.58. The molecule has 5 heteroatoms. The van der Waals surface area contributed by atoms with Crippen molar-refractivity contribution in [1.29, 1.82) is 0 Å². The number of amides is 1. The van der Waals surface area contributed by atoms with Gasteiger partial charge in [0, 0.05) is 38.3 Å². The van der Waals surface area contributed by atoms with Gasteiger partial charge in [-0.15, -0.1) is 0 Å². The summed E-state index contributed by atoms with van der Waals surface area (Å²) in [5.41, 5.74) is 1.59. The molecule has 1 amide bonds. The van der Waals surface area contributed by atoms with E-state index in [1.807, 2.05) is 24.2 Å². The Morgan fingerprint density at radius 3 is 3.05 bits per heavy atom. The minimum Gasteiger partial charge on any atom is -0.348 e. The van der Waals surface area contributed by atoms with Crippen molar-refractivity contribution in [3.05, 3.63) is 35.8 Å². The van der Waals surface area contributed by atoms with Crippen LogP contribution in [0.4, 0.5) is 4.39 Å². The summed E-state index contributed by atoms with van der Waals surface area (Å²) in [6.07, 6.45) is 1.91. The lowest BCUT2D eigenvalue weighted by atomic mass is 10.1. The number of carbonyl (C=O) groups excluding carboxylic acids is 1. The quantitative estimate of drug-likeness (QED) is 0.883. The van der Waals surface area contributed by atoms with Crippen LogP contribution in [0.25, 0.3) is 10.9 Å². The molecule has 2 aromatic rings. The van der Waals surface area contributed by atoms with E-state index in [0.29, 0.717) is 25.2 Å². The number of fused-ring (bicyclic) bond motifs is 1. The zero-order valence-corrected chi connectivity index (χ0v) is 10.8. The lowest BCUT2D eigenvalue weighted by molar-refractivity contribution is -0.132. The summed E-state index contributed by atoms with van der Waals surface area (Å²) in [7, 11) is 1.83. The number of hydrogen-bond donors (Lipinski definition) is 1. The topological polar surface area (TPSA) is 37.3 Å². The lowest BCUT2D eigenvalue weighted by Gasteiger charge is -2.27. The molecule has 3 rings (SSSR count). The van der Waals surface area contributed by atoms with Gasteiger partial charge in [0.25, 0.3) is 0 Å². The lowest BCUT2D eigenvalue weighted by Crippen LogP contribution is -2.47. The molecule has 1 aliphatic rings. The highest BCUT2D eigenvalue weighted by Crippen LogP contribution is 2.24. The van der Waals surface area contributed by atoms with Gasteiger partial charge in [0.1, 0.15) is 5.82 Å². The van der Waals surface area contributed by atoms with Crippen LogP contribution in [0.5, 0.6) is 0 Å². The Balaban J connectivity index is 1.97. The van der Waals surface area contributed by atoms with E-state index in [0.717, 1.165) is 17.5 Å². The molecule has 0 saturated carbocycles. The summed E-state index contributed by atoms with van der Waals surface area (Å²) >= 11 is 0. The highest BCUT2D eigenvalue weighted by molar-refractivity contribution is 5.85. The molecule has 1 aromatic carbocycles. The van der Waals surface area contributed by atoms with Crippen molar-refractivity contribution in [2.45, 2.75) is 6.54 Å². The maximum Gasteiger partial charge on any atom is 0.236 e. The predicted molar refractivity (Wildman–Crippen MR) is 71.2 cm³/mol. The summed E-state index contributed by atoms with van der Waals surface area (Å²) < 4.78 is 15.6. The largest absolute Gasteiger partial charge is 0.348 e. The zero-order chi connectivity index (χ0) is 13.4. The molecule has 0 radical (unpaired) electrons. The Labute approximate surface area is 110 Å². The highest BCUT2D eigenvalue weighted by atomic mass is 19.1. The number of piperazine rings is 1. The maximum atomic E-state index is 13.8. The van der Waals surface area contributed by atoms with E-state index in [9.17, 15) is 9.18 Å². The first-order valence-electron chi connectivity index (χ1n) is 6.38. The summed E-state index contributed by atoms with van der Waals surface area (Å²) in [5.74, 6) is -0.127. The molecule has 0 bridgehead atoms. The average Bonchev–Trinajstić information content (AvgIpc) is 2.71. The van der Waals surface area contributed by atoms with Crippen LogP contribution >= 0.6 is 0 Å². The number of carbonyl (C=O) groups is 1. The van der Waals surface area contributed by atoms with Crippen LogP contribution in [-0.2, 0) is 18.4 Å². The fraction of sp³-hybridized carbons (Fsp3) is 0.357. The summed E-state index contributed by atoms with van der Waals surface area (Å²) in [4.78, 5) is 13.6. The number of aromatic nitrogens is 1. The van der Waals surface area contributed by atoms with Crippen molar-refractivity contribution in [2.75, 3.05) is 19.6 Å². The normalized spacial score (nSPS) is 16.3. The molecule has 0 aliphatic carbocycles. The molecule has 1 fully saturated rings. The van der Waals surface area contributed by atoms with Crippen LogP contribution in [-0.4, -0.2) is 35.0 Å². The van der Waals surface area contributed by atoms with Crippen LogP contribution in [0.2, 0.25) is 0 Å². The van der Waals surface area contributed by atoms with Gasteiger partial charge in [0.05, 0.1) is 12.1 Å². The number of nitrogens with zero attached hydrogens (tertiary/aromatic N) is 2. The van der Waals surface area contributed by atoms with E-state index >= 15 is 0 Å². The molecule has 4 nitrogen and oxygen atoms in total. The summed E-state index contributed by atoms with van der Waals surface area (Å²) in [5, 5.41) is 3.93. The number of para-hydroxylation sites is 1. The van der Waals surface area contributed by atoms with E-state index in [1.165, 1.54) is 6.07 Å². The molecular weight excluding hydrogens is 245 g/mol. The SMILES string of the molecule is Cn1cc(CN2CCNCC2=O)c2cccc(F)c21. The maximum absolute atomic E-state index is 13.8. The molecule has 1 saturated heterocycles. The van der Waals surface area contributed by atoms with Gasteiger partial charge in [-0.1, -0.05) is 12.1 Å². The standard InChI is InChI=1S/C14H16FN3O/c1-17-8-10(9-18-6-5-16-7-13(18)19)11-3-2-4-12(15)14(11)17/h2-4,8,16H,5-7,9H2,1H3. The van der Waals surface area contributed by atoms with Crippen molar-refractivity contribution >= 4 is 16.8 Å². The van der Waals surface area contributed by atoms with Crippen LogP contribution in [0, 0.1) is 5.82 Å². The van der Waals surface area contributed by atoms with Crippen molar-refractivity contribution in [2.24, 2.45) is 7.05 Å². The van der Waals surface area contributed by atoms with Crippen LogP contribution in [0.3, 0.4) is 0 Å². The minimum absolute atomic E-state index is 0.0969. The fourth-order valence-electron chi connectivity index (χ4n) is 2.65. The van der Waals surface area contributed by atoms with E-state index < -0.39 is 0 Å². The number of rotatable bonds is 2. The zero-order valence-electron chi connectivity index (χ0n) is 10.8. The molecule has 2 heterocycles. The van der Waals surface area contributed by atoms with Crippen LogP contribution < -0.4 is 5.32 Å². The van der Waals surface area contributed by atoms with Gasteiger partial charge < -0.3 is 14.8 Å². The minimum atomic E-state index is -0.224. The molecule has 0 spiro atoms. The number of hydrogen-bond acceptors (Lipinski definition) is 2. The van der Waals surface area contributed by atoms with Gasteiger partial charge in [-0.25, -0.2) is 4.39 Å². The summed E-state index contributed by atoms with van der Waals surface area (Å²) in [6.45, 7) is 2.44. The van der Waals surface area contributed by atoms with E-state index in [1.54, 1.807) is 10.6 Å². The second-order valence-corrected chi connectivity index (χ2v) is 4.89. The highest BCUT2D eigenvalue weighted by Gasteiger charge is 2.20. The molecule has 1 aromatic heterocycles. The molecule has 1 N–H and O–H groups in total. The molecule has 0 unspecified atom stereocenters. The van der Waals surface area contributed by atoms with Crippen molar-refractivity contribution in [3.8, 4) is 0 Å². The van der Waals surface area contributed by atoms with Crippen molar-refractivity contribution in [3.63, 3.8) is 0 Å². The van der Waals surface area contributed by atoms with E-state index in [2.05, 4.69) is 5.32 Å². The Morgan fingerprint density at radius 1 is 1.42 bits per heavy atom. The van der Waals surface area contributed by atoms with Crippen molar-refractivity contribution < 1.29 is 9.18 Å². The molecule has 1 aliphatic heterocycles. The third-order valence-corrected chi connectivity index (χ3v) is 3.58. The monoisotopic (exact) mass is 261 g/mol. The molecule has 19 heavy (non-hydrogen) atoms. The van der Waals surface area contributed by atoms with Crippen LogP contribution in [0.1, 0.15) is 5.56 Å². The van der Waals surface area contributed by atoms with Gasteiger partial charge in [0.15, 0.2) is 0 Å². The fourth-order valence-corrected chi connectivity index (χ4v) is 2.65. The number of benzene rings is 1. The van der Waals surface area contributed by atoms with E-state index in [-0.39, 0.29) is 11.7 Å². The second-order valence-electron chi connectivity index (χ2n) is 4.89. The average molecular weight is 261 g/mol. The number of nitrogens with one attached hydrogen (secondary N) is 1. The second kappa shape index (κ2) is 4.66. The molecule has 100 valence electrons. The van der Waals surface area contributed by atoms with Gasteiger partial charge in [-0.2, -0.15) is 0 Å². The Morgan fingerprint density at radius 2 is 2.26 bits per heavy atom. The van der Waals surface area contributed by atoms with E-state index in [4.69, 9.17) is 0 Å². The molecular formula is C14H16FN3O. The van der Waals surface area contributed by atoms with Gasteiger partial charge >= 0.3 is 0 Å². The van der Waals surface area contributed by atoms with Crippen molar-refractivity contribution in [1.82, 2.24) is 14.8 Å². The smallest absolute Gasteiger partial charge is 0.236 e. The predicted octanol–water partition coefficient (Wildman–Crippen LogP) is 1.25. The Kier molecular flexibility index (Phi) is 2.98. The van der Waals surface area contributed by atoms with Gasteiger partial charge in [-0.05, 0) is 11.6 Å². The first-order valence-corrected chi connectivity index (χ1v) is 6.38. The first kappa shape index (κ1) is 12.2. The number of aryl methyl sites for hydroxylation is 1. The van der Waals surface area contributed by atoms with Crippen LogP contribution in [0.15, 0.2) is 24.4 Å². The molecule has 0 atom stereocenters. The third kappa shape index (κ3) is 2.10. The summed E-state index contributed by atoms with van der Waals surface area (Å²) in [6, 6.07) is 5.07. The van der Waals surface area contributed by atoms with Gasteiger partial charge in [0.2, 0.25) is 5.91 Å². The Bertz CT molecular complexity index is 635.